The molecule has 1 aromatic heterocycles. The molecule has 0 radical (unpaired) electrons. The molecule has 176 valence electrons. The molecule has 6 nitrogen and oxygen atoms in total. The van der Waals surface area contributed by atoms with Crippen molar-refractivity contribution in [1.29, 1.82) is 0 Å². The molecular weight excluding hydrogens is 456 g/mol. The van der Waals surface area contributed by atoms with Crippen molar-refractivity contribution in [2.24, 2.45) is 0 Å². The van der Waals surface area contributed by atoms with Crippen molar-refractivity contribution in [3.8, 4) is 11.5 Å². The lowest BCUT2D eigenvalue weighted by molar-refractivity contribution is 0.217. The van der Waals surface area contributed by atoms with Gasteiger partial charge in [0.2, 0.25) is 11.1 Å². The molecule has 0 bridgehead atoms. The summed E-state index contributed by atoms with van der Waals surface area (Å²) in [6.45, 7) is 4.20. The van der Waals surface area contributed by atoms with Crippen LogP contribution in [-0.4, -0.2) is 28.1 Å². The van der Waals surface area contributed by atoms with E-state index in [1.807, 2.05) is 35.2 Å². The number of rotatable bonds is 4. The van der Waals surface area contributed by atoms with E-state index in [4.69, 9.17) is 19.6 Å². The minimum absolute atomic E-state index is 0.196. The van der Waals surface area contributed by atoms with Crippen LogP contribution < -0.4 is 14.8 Å². The Morgan fingerprint density at radius 1 is 1.00 bits per heavy atom. The van der Waals surface area contributed by atoms with Gasteiger partial charge in [-0.1, -0.05) is 71.4 Å². The highest BCUT2D eigenvalue weighted by Crippen LogP contribution is 2.52. The van der Waals surface area contributed by atoms with E-state index >= 15 is 0 Å². The first kappa shape index (κ1) is 21.8. The highest BCUT2D eigenvalue weighted by atomic mass is 32.2. The second kappa shape index (κ2) is 8.50. The highest BCUT2D eigenvalue weighted by Gasteiger charge is 2.42. The number of thioether (sulfide) groups is 1. The van der Waals surface area contributed by atoms with Crippen LogP contribution in [0.3, 0.4) is 0 Å². The van der Waals surface area contributed by atoms with Gasteiger partial charge in [-0.25, -0.2) is 4.68 Å². The number of nitrogens with one attached hydrogen (secondary N) is 1. The maximum atomic E-state index is 6.76. The fourth-order valence-corrected chi connectivity index (χ4v) is 5.27. The van der Waals surface area contributed by atoms with Crippen molar-refractivity contribution in [2.45, 2.75) is 31.1 Å². The van der Waals surface area contributed by atoms with Crippen LogP contribution in [0.15, 0.2) is 77.5 Å². The van der Waals surface area contributed by atoms with Crippen LogP contribution in [-0.2, 0) is 0 Å². The summed E-state index contributed by atoms with van der Waals surface area (Å²) < 4.78 is 14.5. The van der Waals surface area contributed by atoms with Crippen molar-refractivity contribution < 1.29 is 9.47 Å². The van der Waals surface area contributed by atoms with Crippen LogP contribution in [0.2, 0.25) is 0 Å². The Kier molecular flexibility index (Phi) is 5.29. The van der Waals surface area contributed by atoms with Crippen molar-refractivity contribution in [1.82, 2.24) is 14.8 Å². The zero-order valence-electron chi connectivity index (χ0n) is 20.1. The topological polar surface area (TPSA) is 61.2 Å². The largest absolute Gasteiger partial charge is 0.496 e. The number of aromatic nitrogens is 3. The fourth-order valence-electron chi connectivity index (χ4n) is 4.92. The molecule has 3 heterocycles. The van der Waals surface area contributed by atoms with Gasteiger partial charge >= 0.3 is 0 Å². The lowest BCUT2D eigenvalue weighted by atomic mass is 9.84. The van der Waals surface area contributed by atoms with Gasteiger partial charge in [-0.15, -0.1) is 5.10 Å². The average molecular weight is 483 g/mol. The van der Waals surface area contributed by atoms with E-state index in [9.17, 15) is 0 Å². The first-order valence-electron chi connectivity index (χ1n) is 11.6. The Bertz CT molecular complexity index is 1460. The van der Waals surface area contributed by atoms with Crippen molar-refractivity contribution in [3.05, 3.63) is 100 Å². The number of nitrogens with zero attached hydrogens (tertiary/aromatic N) is 3. The number of fused-ring (bicyclic) bond motifs is 3. The summed E-state index contributed by atoms with van der Waals surface area (Å²) in [7, 11) is 1.70. The first-order valence-corrected chi connectivity index (χ1v) is 12.8. The Hall–Kier alpha value is -3.71. The summed E-state index contributed by atoms with van der Waals surface area (Å²) in [5, 5.41) is 9.22. The Labute approximate surface area is 209 Å². The molecule has 3 aromatic carbocycles. The fraction of sp³-hybridized carbons (Fsp3) is 0.214. The number of methoxy groups -OCH3 is 1. The lowest BCUT2D eigenvalue weighted by Gasteiger charge is -2.39. The summed E-state index contributed by atoms with van der Waals surface area (Å²) in [4.78, 5) is 4.78. The molecular formula is C28H26N4O2S. The number of hydrogen-bond donors (Lipinski definition) is 1. The molecule has 0 saturated heterocycles. The molecule has 2 aliphatic heterocycles. The van der Waals surface area contributed by atoms with Gasteiger partial charge in [-0.2, -0.15) is 4.98 Å². The second-order valence-electron chi connectivity index (χ2n) is 8.87. The maximum absolute atomic E-state index is 6.76. The van der Waals surface area contributed by atoms with Crippen molar-refractivity contribution in [3.63, 3.8) is 0 Å². The van der Waals surface area contributed by atoms with Gasteiger partial charge < -0.3 is 14.8 Å². The molecule has 4 aromatic rings. The van der Waals surface area contributed by atoms with Gasteiger partial charge in [0.25, 0.3) is 0 Å². The van der Waals surface area contributed by atoms with Crippen LogP contribution in [0.25, 0.3) is 5.70 Å². The van der Waals surface area contributed by atoms with Gasteiger partial charge in [0.05, 0.1) is 12.8 Å². The zero-order chi connectivity index (χ0) is 24.1. The minimum atomic E-state index is -0.370. The molecule has 7 heteroatoms. The molecule has 1 N–H and O–H groups in total. The quantitative estimate of drug-likeness (QED) is 0.350. The Morgan fingerprint density at radius 2 is 1.77 bits per heavy atom. The van der Waals surface area contributed by atoms with E-state index in [0.717, 1.165) is 50.6 Å². The van der Waals surface area contributed by atoms with E-state index in [1.165, 1.54) is 22.9 Å². The third-order valence-corrected chi connectivity index (χ3v) is 7.14. The first-order chi connectivity index (χ1) is 17.1. The summed E-state index contributed by atoms with van der Waals surface area (Å²) in [5.74, 6) is 2.35. The predicted molar refractivity (Wildman–Crippen MR) is 139 cm³/mol. The SMILES string of the molecule is COc1ccccc1C1Oc2ccc(C)cc2C2=C1C(c1ccc(C)cc1)n1nc(SC)nc1N2. The van der Waals surface area contributed by atoms with Crippen molar-refractivity contribution in [2.75, 3.05) is 18.7 Å². The van der Waals surface area contributed by atoms with Crippen LogP contribution in [0, 0.1) is 13.8 Å². The highest BCUT2D eigenvalue weighted by molar-refractivity contribution is 7.98. The number of benzene rings is 3. The summed E-state index contributed by atoms with van der Waals surface area (Å²) in [5.41, 5.74) is 7.61. The summed E-state index contributed by atoms with van der Waals surface area (Å²) in [6.07, 6.45) is 1.62. The summed E-state index contributed by atoms with van der Waals surface area (Å²) in [6, 6.07) is 22.8. The molecule has 2 atom stereocenters. The van der Waals surface area contributed by atoms with Crippen molar-refractivity contribution >= 4 is 23.4 Å². The minimum Gasteiger partial charge on any atom is -0.496 e. The molecule has 6 rings (SSSR count). The molecule has 0 spiro atoms. The normalized spacial score (nSPS) is 18.2. The number of hydrogen-bond acceptors (Lipinski definition) is 6. The van der Waals surface area contributed by atoms with E-state index in [1.54, 1.807) is 7.11 Å². The van der Waals surface area contributed by atoms with E-state index < -0.39 is 0 Å². The smallest absolute Gasteiger partial charge is 0.227 e. The number of anilines is 1. The van der Waals surface area contributed by atoms with Crippen LogP contribution in [0.4, 0.5) is 5.95 Å². The summed E-state index contributed by atoms with van der Waals surface area (Å²) >= 11 is 1.53. The zero-order valence-corrected chi connectivity index (χ0v) is 20.9. The molecule has 2 aliphatic rings. The number of para-hydroxylation sites is 1. The van der Waals surface area contributed by atoms with E-state index in [-0.39, 0.29) is 12.1 Å². The van der Waals surface area contributed by atoms with Gasteiger partial charge in [0, 0.05) is 16.7 Å². The van der Waals surface area contributed by atoms with Crippen LogP contribution in [0.1, 0.15) is 40.0 Å². The van der Waals surface area contributed by atoms with Gasteiger partial charge in [0.15, 0.2) is 6.10 Å². The van der Waals surface area contributed by atoms with E-state index in [0.29, 0.717) is 0 Å². The molecule has 0 fully saturated rings. The third-order valence-electron chi connectivity index (χ3n) is 6.61. The van der Waals surface area contributed by atoms with Gasteiger partial charge in [-0.05, 0) is 43.9 Å². The Morgan fingerprint density at radius 3 is 2.54 bits per heavy atom. The van der Waals surface area contributed by atoms with Gasteiger partial charge in [0.1, 0.15) is 17.5 Å². The maximum Gasteiger partial charge on any atom is 0.227 e. The standard InChI is InChI=1S/C28H26N4O2S/c1-16-9-12-18(13-10-16)25-23-24(29-27-30-28(35-4)31-32(25)27)20-15-17(2)11-14-22(20)34-26(23)19-7-5-6-8-21(19)33-3/h5-15,25-26H,1-4H3,(H,29,30,31). The lowest BCUT2D eigenvalue weighted by Crippen LogP contribution is -2.32. The van der Waals surface area contributed by atoms with Crippen LogP contribution >= 0.6 is 11.8 Å². The number of aryl methyl sites for hydroxylation is 2. The van der Waals surface area contributed by atoms with Crippen LogP contribution in [0.5, 0.6) is 11.5 Å². The second-order valence-corrected chi connectivity index (χ2v) is 9.65. The monoisotopic (exact) mass is 482 g/mol. The predicted octanol–water partition coefficient (Wildman–Crippen LogP) is 6.19. The molecule has 2 unspecified atom stereocenters. The van der Waals surface area contributed by atoms with E-state index in [2.05, 4.69) is 61.6 Å². The molecule has 0 amide bonds. The molecule has 0 aliphatic carbocycles. The van der Waals surface area contributed by atoms with Gasteiger partial charge in [-0.3, -0.25) is 0 Å². The molecule has 35 heavy (non-hydrogen) atoms. The third kappa shape index (κ3) is 3.58. The average Bonchev–Trinajstić information content (AvgIpc) is 3.31. The Balaban J connectivity index is 1.65. The number of ether oxygens (including phenoxy) is 2. The molecule has 0 saturated carbocycles.